The lowest BCUT2D eigenvalue weighted by atomic mass is 9.97. The van der Waals surface area contributed by atoms with Crippen molar-refractivity contribution in [3.05, 3.63) is 38.5 Å². The fraction of sp³-hybridized carbons (Fsp3) is 0.594. The van der Waals surface area contributed by atoms with Crippen LogP contribution in [0.5, 0.6) is 0 Å². The number of ether oxygens (including phenoxy) is 7. The normalized spacial score (nSPS) is 21.3. The van der Waals surface area contributed by atoms with Crippen LogP contribution in [0.2, 0.25) is 0 Å². The van der Waals surface area contributed by atoms with Gasteiger partial charge in [-0.15, -0.1) is 16.4 Å². The Morgan fingerprint density at radius 1 is 0.923 bits per heavy atom. The number of rotatable bonds is 12. The van der Waals surface area contributed by atoms with Crippen LogP contribution in [-0.2, 0) is 78.5 Å². The Morgan fingerprint density at radius 2 is 1.62 bits per heavy atom. The lowest BCUT2D eigenvalue weighted by Crippen LogP contribution is -2.60. The first-order valence-corrected chi connectivity index (χ1v) is 17.4. The fourth-order valence-corrected chi connectivity index (χ4v) is 7.29. The van der Waals surface area contributed by atoms with Gasteiger partial charge in [0.15, 0.2) is 24.5 Å². The van der Waals surface area contributed by atoms with Crippen molar-refractivity contribution < 1.29 is 57.1 Å². The van der Waals surface area contributed by atoms with Gasteiger partial charge >= 0.3 is 30.0 Å². The molecule has 1 amide bonds. The molecule has 0 spiro atoms. The van der Waals surface area contributed by atoms with Gasteiger partial charge in [0, 0.05) is 45.7 Å². The standard InChI is InChI=1S/C32H40N6O13S/c1-7-45-15-24-33-29-25(21-9-10-36(13-23(21)52-29)32(44)46-8-2)30(43)37(24)11-20-12-38(35-34-20)31-28(50-19(6)42)27(49-18(5)41)26(48-17(4)40)22(51-31)14-47-16(3)39/h12,22,26-28,31H,7-11,13-15H2,1-6H3/t22-,26-,27+,28-,31-/m1/s1. The number of carbonyl (C=O) groups excluding carboxylic acids is 5. The Kier molecular flexibility index (Phi) is 12.2. The predicted octanol–water partition coefficient (Wildman–Crippen LogP) is 1.40. The second kappa shape index (κ2) is 16.6. The van der Waals surface area contributed by atoms with Crippen LogP contribution >= 0.6 is 11.3 Å². The molecular weight excluding hydrogens is 708 g/mol. The number of aromatic nitrogens is 5. The molecule has 1 fully saturated rings. The number of thiophene rings is 1. The number of esters is 4. The minimum Gasteiger partial charge on any atom is -0.463 e. The summed E-state index contributed by atoms with van der Waals surface area (Å²) in [5.41, 5.74) is 0.756. The van der Waals surface area contributed by atoms with E-state index in [2.05, 4.69) is 10.3 Å². The van der Waals surface area contributed by atoms with Crippen molar-refractivity contribution in [1.82, 2.24) is 29.4 Å². The van der Waals surface area contributed by atoms with Crippen molar-refractivity contribution in [2.75, 3.05) is 26.4 Å². The minimum atomic E-state index is -1.41. The molecule has 3 aromatic heterocycles. The highest BCUT2D eigenvalue weighted by atomic mass is 32.1. The Balaban J connectivity index is 1.52. The molecule has 52 heavy (non-hydrogen) atoms. The summed E-state index contributed by atoms with van der Waals surface area (Å²) in [6, 6.07) is 0. The molecule has 0 aliphatic carbocycles. The molecule has 19 nitrogen and oxygen atoms in total. The van der Waals surface area contributed by atoms with E-state index in [0.717, 1.165) is 31.2 Å². The van der Waals surface area contributed by atoms with Crippen molar-refractivity contribution in [3.63, 3.8) is 0 Å². The summed E-state index contributed by atoms with van der Waals surface area (Å²) >= 11 is 1.34. The van der Waals surface area contributed by atoms with Gasteiger partial charge in [0.2, 0.25) is 0 Å². The summed E-state index contributed by atoms with van der Waals surface area (Å²) in [7, 11) is 0. The molecule has 0 saturated carbocycles. The zero-order valence-electron chi connectivity index (χ0n) is 29.5. The Labute approximate surface area is 301 Å². The Bertz CT molecular complexity index is 1890. The number of nitrogens with zero attached hydrogens (tertiary/aromatic N) is 6. The summed E-state index contributed by atoms with van der Waals surface area (Å²) in [6.07, 6.45) is -5.22. The van der Waals surface area contributed by atoms with E-state index in [0.29, 0.717) is 42.2 Å². The van der Waals surface area contributed by atoms with Crippen LogP contribution in [0.25, 0.3) is 10.2 Å². The fourth-order valence-electron chi connectivity index (χ4n) is 6.05. The zero-order chi connectivity index (χ0) is 37.7. The van der Waals surface area contributed by atoms with Crippen LogP contribution in [0.15, 0.2) is 11.0 Å². The van der Waals surface area contributed by atoms with Crippen molar-refractivity contribution in [2.24, 2.45) is 0 Å². The van der Waals surface area contributed by atoms with Crippen LogP contribution in [-0.4, -0.2) is 110 Å². The summed E-state index contributed by atoms with van der Waals surface area (Å²) in [4.78, 5) is 82.7. The molecule has 0 radical (unpaired) electrons. The van der Waals surface area contributed by atoms with E-state index in [1.54, 1.807) is 11.8 Å². The maximum Gasteiger partial charge on any atom is 0.410 e. The highest BCUT2D eigenvalue weighted by Gasteiger charge is 2.53. The van der Waals surface area contributed by atoms with Crippen LogP contribution < -0.4 is 5.56 Å². The SMILES string of the molecule is CCOCc1nc2sc3c(c2c(=O)n1Cc1cn([C@@H]2O[C@H](COC(C)=O)[C@@H](OC(C)=O)[C@H](OC(C)=O)[C@H]2OC(C)=O)nn1)CCN(C(=O)OCC)C3. The van der Waals surface area contributed by atoms with Gasteiger partial charge in [-0.05, 0) is 25.8 Å². The summed E-state index contributed by atoms with van der Waals surface area (Å²) < 4.78 is 41.3. The molecular formula is C32H40N6O13S. The predicted molar refractivity (Wildman–Crippen MR) is 177 cm³/mol. The average Bonchev–Trinajstić information content (AvgIpc) is 3.69. The maximum atomic E-state index is 14.2. The Morgan fingerprint density at radius 3 is 2.27 bits per heavy atom. The average molecular weight is 749 g/mol. The molecule has 0 aromatic carbocycles. The van der Waals surface area contributed by atoms with Gasteiger partial charge in [-0.2, -0.15) is 0 Å². The highest BCUT2D eigenvalue weighted by molar-refractivity contribution is 7.18. The number of amides is 1. The molecule has 0 unspecified atom stereocenters. The first-order valence-electron chi connectivity index (χ1n) is 16.6. The van der Waals surface area contributed by atoms with E-state index < -0.39 is 67.2 Å². The van der Waals surface area contributed by atoms with E-state index in [-0.39, 0.29) is 31.0 Å². The van der Waals surface area contributed by atoms with Crippen molar-refractivity contribution in [2.45, 2.75) is 98.3 Å². The lowest BCUT2D eigenvalue weighted by molar-refractivity contribution is -0.270. The van der Waals surface area contributed by atoms with Crippen LogP contribution in [0.4, 0.5) is 4.79 Å². The minimum absolute atomic E-state index is 0.0209. The smallest absolute Gasteiger partial charge is 0.410 e. The highest BCUT2D eigenvalue weighted by Crippen LogP contribution is 2.35. The molecule has 0 N–H and O–H groups in total. The second-order valence-electron chi connectivity index (χ2n) is 11.9. The van der Waals surface area contributed by atoms with Gasteiger partial charge in [0.1, 0.15) is 35.7 Å². The van der Waals surface area contributed by atoms with Crippen molar-refractivity contribution in [3.8, 4) is 0 Å². The van der Waals surface area contributed by atoms with Crippen molar-refractivity contribution in [1.29, 1.82) is 0 Å². The molecule has 282 valence electrons. The number of fused-ring (bicyclic) bond motifs is 3. The number of hydrogen-bond donors (Lipinski definition) is 0. The zero-order valence-corrected chi connectivity index (χ0v) is 30.3. The van der Waals surface area contributed by atoms with Gasteiger partial charge in [-0.3, -0.25) is 28.5 Å². The lowest BCUT2D eigenvalue weighted by Gasteiger charge is -2.44. The number of carbonyl (C=O) groups is 5. The van der Waals surface area contributed by atoms with Gasteiger partial charge in [0.05, 0.1) is 31.3 Å². The monoisotopic (exact) mass is 748 g/mol. The molecule has 5 heterocycles. The van der Waals surface area contributed by atoms with Gasteiger partial charge in [-0.25, -0.2) is 14.5 Å². The summed E-state index contributed by atoms with van der Waals surface area (Å²) in [6.45, 7) is 8.89. The molecule has 5 rings (SSSR count). The number of hydrogen-bond acceptors (Lipinski definition) is 17. The molecule has 20 heteroatoms. The van der Waals surface area contributed by atoms with Crippen molar-refractivity contribution >= 4 is 51.5 Å². The molecule has 1 saturated heterocycles. The third-order valence-corrected chi connectivity index (χ3v) is 9.22. The third kappa shape index (κ3) is 8.56. The topological polar surface area (TPSA) is 219 Å². The van der Waals surface area contributed by atoms with Gasteiger partial charge in [-0.1, -0.05) is 5.21 Å². The first-order chi connectivity index (χ1) is 24.8. The maximum absolute atomic E-state index is 14.2. The van der Waals surface area contributed by atoms with Gasteiger partial charge in [0.25, 0.3) is 5.56 Å². The van der Waals surface area contributed by atoms with E-state index in [1.807, 2.05) is 6.92 Å². The third-order valence-electron chi connectivity index (χ3n) is 8.11. The van der Waals surface area contributed by atoms with E-state index in [9.17, 15) is 28.8 Å². The van der Waals surface area contributed by atoms with Crippen LogP contribution in [0.1, 0.15) is 69.7 Å². The molecule has 5 atom stereocenters. The van der Waals surface area contributed by atoms with Crippen LogP contribution in [0.3, 0.4) is 0 Å². The summed E-state index contributed by atoms with van der Waals surface area (Å²) in [5, 5.41) is 8.88. The van der Waals surface area contributed by atoms with E-state index >= 15 is 0 Å². The van der Waals surface area contributed by atoms with E-state index in [4.69, 9.17) is 38.1 Å². The largest absolute Gasteiger partial charge is 0.463 e. The summed E-state index contributed by atoms with van der Waals surface area (Å²) in [5.74, 6) is -2.63. The quantitative estimate of drug-likeness (QED) is 0.189. The van der Waals surface area contributed by atoms with Crippen LogP contribution in [0, 0.1) is 0 Å². The molecule has 3 aromatic rings. The van der Waals surface area contributed by atoms with E-state index in [1.165, 1.54) is 33.7 Å². The molecule has 2 aliphatic heterocycles. The first kappa shape index (κ1) is 38.3. The second-order valence-corrected chi connectivity index (χ2v) is 13.0. The molecule has 2 aliphatic rings. The molecule has 0 bridgehead atoms. The van der Waals surface area contributed by atoms with Gasteiger partial charge < -0.3 is 38.1 Å². The Hall–Kier alpha value is -4.95.